The summed E-state index contributed by atoms with van der Waals surface area (Å²) in [7, 11) is -1.88. The highest BCUT2D eigenvalue weighted by Crippen LogP contribution is 2.19. The Labute approximate surface area is 59.7 Å². The fourth-order valence-electron chi connectivity index (χ4n) is 0.516. The van der Waals surface area contributed by atoms with E-state index in [2.05, 4.69) is 0 Å². The van der Waals surface area contributed by atoms with Crippen molar-refractivity contribution in [2.45, 2.75) is 12.8 Å². The summed E-state index contributed by atoms with van der Waals surface area (Å²) in [5.74, 6) is -0.882. The number of carbonyl (C=O) groups is 1. The second kappa shape index (κ2) is 5.45. The molecule has 0 aliphatic carbocycles. The quantitative estimate of drug-likeness (QED) is 0.578. The lowest BCUT2D eigenvalue weighted by Gasteiger charge is -1.94. The average molecular weight is 166 g/mol. The molecule has 0 saturated heterocycles. The first kappa shape index (κ1) is 9.66. The van der Waals surface area contributed by atoms with E-state index < -0.39 is 13.8 Å². The van der Waals surface area contributed by atoms with E-state index in [1.165, 1.54) is 0 Å². The van der Waals surface area contributed by atoms with Crippen molar-refractivity contribution >= 4 is 13.8 Å². The molecule has 2 N–H and O–H groups in total. The molecule has 60 valence electrons. The minimum atomic E-state index is -1.88. The normalized spacial score (nSPS) is 12.9. The van der Waals surface area contributed by atoms with Gasteiger partial charge in [0.1, 0.15) is 7.80 Å². The van der Waals surface area contributed by atoms with Crippen LogP contribution < -0.4 is 0 Å². The molecule has 0 radical (unpaired) electrons. The van der Waals surface area contributed by atoms with Crippen LogP contribution in [0.25, 0.3) is 0 Å². The van der Waals surface area contributed by atoms with Crippen LogP contribution in [0.2, 0.25) is 0 Å². The van der Waals surface area contributed by atoms with Crippen molar-refractivity contribution in [1.82, 2.24) is 0 Å². The third kappa shape index (κ3) is 5.79. The van der Waals surface area contributed by atoms with Gasteiger partial charge < -0.3 is 14.8 Å². The molecule has 0 aromatic carbocycles. The first-order valence-electron chi connectivity index (χ1n) is 3.01. The molecule has 0 aliphatic rings. The maximum Gasteiger partial charge on any atom is 0.303 e. The number of hydrogen-bond acceptors (Lipinski definition) is 3. The first-order valence-corrected chi connectivity index (χ1v) is 4.83. The fraction of sp³-hybridized carbons (Fsp3) is 0.800. The van der Waals surface area contributed by atoms with Gasteiger partial charge in [0.15, 0.2) is 0 Å². The van der Waals surface area contributed by atoms with E-state index >= 15 is 0 Å². The van der Waals surface area contributed by atoms with E-state index in [1.807, 2.05) is 0 Å². The zero-order valence-corrected chi connectivity index (χ0v) is 6.54. The maximum atomic E-state index is 10.5. The van der Waals surface area contributed by atoms with E-state index in [0.717, 1.165) is 0 Å². The molecule has 4 nitrogen and oxygen atoms in total. The van der Waals surface area contributed by atoms with Crippen molar-refractivity contribution in [2.75, 3.05) is 12.5 Å². The summed E-state index contributed by atoms with van der Waals surface area (Å²) < 4.78 is 10.5. The first-order chi connectivity index (χ1) is 4.66. The Hall–Kier alpha value is -0.340. The van der Waals surface area contributed by atoms with E-state index in [-0.39, 0.29) is 12.8 Å². The van der Waals surface area contributed by atoms with Crippen molar-refractivity contribution in [3.05, 3.63) is 0 Å². The van der Waals surface area contributed by atoms with Gasteiger partial charge in [-0.3, -0.25) is 4.79 Å². The lowest BCUT2D eigenvalue weighted by Crippen LogP contribution is -1.95. The number of carboxylic acid groups (broad SMARTS) is 1. The number of aliphatic hydroxyl groups excluding tert-OH is 1. The largest absolute Gasteiger partial charge is 0.481 e. The summed E-state index contributed by atoms with van der Waals surface area (Å²) >= 11 is 0. The second-order valence-electron chi connectivity index (χ2n) is 1.94. The number of aliphatic carboxylic acids is 1. The number of aliphatic hydroxyl groups is 1. The smallest absolute Gasteiger partial charge is 0.303 e. The Morgan fingerprint density at radius 3 is 2.50 bits per heavy atom. The lowest BCUT2D eigenvalue weighted by molar-refractivity contribution is -0.137. The molecule has 1 unspecified atom stereocenters. The third-order valence-electron chi connectivity index (χ3n) is 1.02. The van der Waals surface area contributed by atoms with Crippen LogP contribution in [0.3, 0.4) is 0 Å². The average Bonchev–Trinajstić information content (AvgIpc) is 1.87. The van der Waals surface area contributed by atoms with Crippen LogP contribution >= 0.6 is 7.80 Å². The standard InChI is InChI=1S/C5H11O4P/c6-4-10(9)3-1-2-5(7)8/h6,10H,1-4H2,(H,7,8). The maximum absolute atomic E-state index is 10.5. The van der Waals surface area contributed by atoms with Crippen molar-refractivity contribution in [3.63, 3.8) is 0 Å². The molecule has 5 heteroatoms. The SMILES string of the molecule is O=C(O)CCC[PH](=O)CO. The van der Waals surface area contributed by atoms with Crippen molar-refractivity contribution in [2.24, 2.45) is 0 Å². The Bertz CT molecular complexity index is 134. The van der Waals surface area contributed by atoms with Gasteiger partial charge in [-0.05, 0) is 6.42 Å². The Kier molecular flexibility index (Phi) is 5.26. The van der Waals surface area contributed by atoms with E-state index in [0.29, 0.717) is 12.6 Å². The highest BCUT2D eigenvalue weighted by atomic mass is 31.1. The summed E-state index contributed by atoms with van der Waals surface area (Å²) in [4.78, 5) is 9.92. The molecular formula is C5H11O4P. The topological polar surface area (TPSA) is 74.6 Å². The minimum absolute atomic E-state index is 0.0381. The Morgan fingerprint density at radius 1 is 1.50 bits per heavy atom. The predicted molar refractivity (Wildman–Crippen MR) is 37.8 cm³/mol. The third-order valence-corrected chi connectivity index (χ3v) is 2.29. The Morgan fingerprint density at radius 2 is 2.10 bits per heavy atom. The van der Waals surface area contributed by atoms with E-state index in [9.17, 15) is 9.36 Å². The van der Waals surface area contributed by atoms with Crippen LogP contribution in [0.1, 0.15) is 12.8 Å². The van der Waals surface area contributed by atoms with Gasteiger partial charge in [0.2, 0.25) is 0 Å². The summed E-state index contributed by atoms with van der Waals surface area (Å²) in [6.07, 6.45) is 0.474. The zero-order chi connectivity index (χ0) is 7.98. The molecular weight excluding hydrogens is 155 g/mol. The van der Waals surface area contributed by atoms with Crippen molar-refractivity contribution < 1.29 is 19.6 Å². The van der Waals surface area contributed by atoms with Gasteiger partial charge >= 0.3 is 5.97 Å². The van der Waals surface area contributed by atoms with E-state index in [4.69, 9.17) is 10.2 Å². The molecule has 0 aromatic heterocycles. The Balaban J connectivity index is 3.20. The highest BCUT2D eigenvalue weighted by Gasteiger charge is 1.99. The van der Waals surface area contributed by atoms with Crippen LogP contribution in [-0.2, 0) is 9.36 Å². The van der Waals surface area contributed by atoms with Gasteiger partial charge in [-0.15, -0.1) is 0 Å². The second-order valence-corrected chi connectivity index (χ2v) is 3.84. The summed E-state index contributed by atoms with van der Waals surface area (Å²) in [6.45, 7) is 0. The van der Waals surface area contributed by atoms with Crippen LogP contribution in [0, 0.1) is 0 Å². The molecule has 0 amide bonds. The number of rotatable bonds is 5. The van der Waals surface area contributed by atoms with Crippen LogP contribution in [0.5, 0.6) is 0 Å². The highest BCUT2D eigenvalue weighted by molar-refractivity contribution is 7.44. The van der Waals surface area contributed by atoms with Crippen LogP contribution in [-0.4, -0.2) is 28.7 Å². The molecule has 1 atom stereocenters. The van der Waals surface area contributed by atoms with Gasteiger partial charge in [0.25, 0.3) is 0 Å². The number of carboxylic acids is 1. The van der Waals surface area contributed by atoms with Crippen molar-refractivity contribution in [1.29, 1.82) is 0 Å². The monoisotopic (exact) mass is 166 g/mol. The summed E-state index contributed by atoms with van der Waals surface area (Å²) in [5, 5.41) is 16.4. The lowest BCUT2D eigenvalue weighted by atomic mass is 10.3. The molecule has 10 heavy (non-hydrogen) atoms. The summed E-state index contributed by atoms with van der Waals surface area (Å²) in [5.41, 5.74) is 0. The van der Waals surface area contributed by atoms with Gasteiger partial charge in [0, 0.05) is 12.6 Å². The van der Waals surface area contributed by atoms with Gasteiger partial charge in [-0.1, -0.05) is 0 Å². The van der Waals surface area contributed by atoms with Crippen LogP contribution in [0.4, 0.5) is 0 Å². The summed E-state index contributed by atoms with van der Waals surface area (Å²) in [6, 6.07) is 0. The molecule has 0 heterocycles. The molecule has 0 aliphatic heterocycles. The van der Waals surface area contributed by atoms with Gasteiger partial charge in [-0.25, -0.2) is 0 Å². The molecule has 0 aromatic rings. The molecule has 0 rings (SSSR count). The molecule has 0 fully saturated rings. The number of hydrogen-bond donors (Lipinski definition) is 2. The van der Waals surface area contributed by atoms with E-state index in [1.54, 1.807) is 0 Å². The van der Waals surface area contributed by atoms with Gasteiger partial charge in [0.05, 0.1) is 6.35 Å². The fourth-order valence-corrected chi connectivity index (χ4v) is 1.25. The van der Waals surface area contributed by atoms with Crippen molar-refractivity contribution in [3.8, 4) is 0 Å². The molecule has 0 saturated carbocycles. The molecule has 0 spiro atoms. The van der Waals surface area contributed by atoms with Crippen LogP contribution in [0.15, 0.2) is 0 Å². The molecule has 0 bridgehead atoms. The zero-order valence-electron chi connectivity index (χ0n) is 5.54. The van der Waals surface area contributed by atoms with Gasteiger partial charge in [-0.2, -0.15) is 0 Å². The minimum Gasteiger partial charge on any atom is -0.481 e. The predicted octanol–water partition coefficient (Wildman–Crippen LogP) is 0.361.